The minimum absolute atomic E-state index is 0.0592. The summed E-state index contributed by atoms with van der Waals surface area (Å²) < 4.78 is 10.6. The number of rotatable bonds is 33. The largest absolute Gasteiger partial charge is 0.462 e. The normalized spacial score (nSPS) is 12.8. The molecule has 0 aromatic heterocycles. The Labute approximate surface area is 261 Å². The van der Waals surface area contributed by atoms with Crippen LogP contribution in [0.3, 0.4) is 0 Å². The standard InChI is InChI=1S/C37H72O5/c1-4-6-7-8-9-10-11-12-13-14-15-16-17-18-19-20-24-27-30-36(39)41-33-35(32-38)42-37(40)31-28-25-22-21-23-26-29-34(3)5-2/h34-35,38H,4-33H2,1-3H3/t34?,35-/m0/s1. The van der Waals surface area contributed by atoms with Gasteiger partial charge in [0, 0.05) is 12.8 Å². The molecular weight excluding hydrogens is 524 g/mol. The van der Waals surface area contributed by atoms with E-state index in [0.717, 1.165) is 38.0 Å². The number of unbranched alkanes of at least 4 members (excludes halogenated alkanes) is 22. The van der Waals surface area contributed by atoms with E-state index in [9.17, 15) is 14.7 Å². The van der Waals surface area contributed by atoms with Gasteiger partial charge >= 0.3 is 11.9 Å². The van der Waals surface area contributed by atoms with E-state index in [-0.39, 0.29) is 25.2 Å². The molecule has 0 aromatic rings. The third-order valence-corrected chi connectivity index (χ3v) is 8.69. The van der Waals surface area contributed by atoms with Gasteiger partial charge in [-0.15, -0.1) is 0 Å². The van der Waals surface area contributed by atoms with Crippen molar-refractivity contribution in [3.63, 3.8) is 0 Å². The third-order valence-electron chi connectivity index (χ3n) is 8.69. The van der Waals surface area contributed by atoms with E-state index in [1.165, 1.54) is 135 Å². The van der Waals surface area contributed by atoms with E-state index < -0.39 is 6.10 Å². The Morgan fingerprint density at radius 3 is 1.33 bits per heavy atom. The summed E-state index contributed by atoms with van der Waals surface area (Å²) in [6.07, 6.45) is 33.1. The fourth-order valence-corrected chi connectivity index (χ4v) is 5.47. The second-order valence-corrected chi connectivity index (χ2v) is 12.9. The van der Waals surface area contributed by atoms with Gasteiger partial charge in [-0.1, -0.05) is 175 Å². The molecule has 0 heterocycles. The fraction of sp³-hybridized carbons (Fsp3) is 0.946. The number of aliphatic hydroxyl groups is 1. The number of ether oxygens (including phenoxy) is 2. The molecule has 0 aliphatic rings. The minimum atomic E-state index is -0.762. The van der Waals surface area contributed by atoms with E-state index in [4.69, 9.17) is 9.47 Å². The molecule has 0 rings (SSSR count). The number of aliphatic hydroxyl groups excluding tert-OH is 1. The molecule has 0 saturated carbocycles. The van der Waals surface area contributed by atoms with Gasteiger partial charge in [-0.05, 0) is 18.8 Å². The molecule has 0 aromatic carbocycles. The number of hydrogen-bond acceptors (Lipinski definition) is 5. The zero-order valence-electron chi connectivity index (χ0n) is 28.4. The summed E-state index contributed by atoms with van der Waals surface area (Å²) in [7, 11) is 0. The molecule has 0 spiro atoms. The topological polar surface area (TPSA) is 72.8 Å². The predicted molar refractivity (Wildman–Crippen MR) is 178 cm³/mol. The Kier molecular flexibility index (Phi) is 31.9. The highest BCUT2D eigenvalue weighted by Gasteiger charge is 2.16. The average molecular weight is 597 g/mol. The van der Waals surface area contributed by atoms with Crippen LogP contribution in [0.25, 0.3) is 0 Å². The van der Waals surface area contributed by atoms with Crippen LogP contribution in [0.2, 0.25) is 0 Å². The molecule has 0 aliphatic heterocycles. The molecular formula is C37H72O5. The summed E-state index contributed by atoms with van der Waals surface area (Å²) in [6, 6.07) is 0. The van der Waals surface area contributed by atoms with Crippen LogP contribution in [0.1, 0.15) is 201 Å². The summed E-state index contributed by atoms with van der Waals surface area (Å²) in [5.74, 6) is 0.242. The zero-order chi connectivity index (χ0) is 30.9. The average Bonchev–Trinajstić information content (AvgIpc) is 2.99. The molecule has 5 nitrogen and oxygen atoms in total. The second kappa shape index (κ2) is 32.8. The molecule has 0 radical (unpaired) electrons. The van der Waals surface area contributed by atoms with Gasteiger partial charge in [-0.3, -0.25) is 9.59 Å². The highest BCUT2D eigenvalue weighted by Crippen LogP contribution is 2.16. The molecule has 0 saturated heterocycles. The van der Waals surface area contributed by atoms with E-state index in [1.54, 1.807) is 0 Å². The first-order chi connectivity index (χ1) is 20.5. The lowest BCUT2D eigenvalue weighted by atomic mass is 10.00. The second-order valence-electron chi connectivity index (χ2n) is 12.9. The van der Waals surface area contributed by atoms with Crippen LogP contribution in [0.15, 0.2) is 0 Å². The molecule has 0 amide bonds. The van der Waals surface area contributed by atoms with Crippen LogP contribution in [0.4, 0.5) is 0 Å². The smallest absolute Gasteiger partial charge is 0.306 e. The molecule has 5 heteroatoms. The van der Waals surface area contributed by atoms with E-state index >= 15 is 0 Å². The molecule has 0 bridgehead atoms. The Hall–Kier alpha value is -1.10. The van der Waals surface area contributed by atoms with Crippen molar-refractivity contribution < 1.29 is 24.2 Å². The highest BCUT2D eigenvalue weighted by atomic mass is 16.6. The first-order valence-electron chi connectivity index (χ1n) is 18.5. The minimum Gasteiger partial charge on any atom is -0.462 e. The van der Waals surface area contributed by atoms with Crippen molar-refractivity contribution in [1.82, 2.24) is 0 Å². The Morgan fingerprint density at radius 2 is 0.929 bits per heavy atom. The van der Waals surface area contributed by atoms with Crippen LogP contribution in [-0.4, -0.2) is 36.4 Å². The van der Waals surface area contributed by atoms with Crippen molar-refractivity contribution in [1.29, 1.82) is 0 Å². The van der Waals surface area contributed by atoms with Crippen molar-refractivity contribution in [3.05, 3.63) is 0 Å². The van der Waals surface area contributed by atoms with Gasteiger partial charge < -0.3 is 14.6 Å². The Balaban J connectivity index is 3.50. The lowest BCUT2D eigenvalue weighted by Gasteiger charge is -2.15. The quantitative estimate of drug-likeness (QED) is 0.0602. The van der Waals surface area contributed by atoms with Crippen LogP contribution in [0, 0.1) is 5.92 Å². The van der Waals surface area contributed by atoms with E-state index in [2.05, 4.69) is 20.8 Å². The van der Waals surface area contributed by atoms with Crippen molar-refractivity contribution in [2.45, 2.75) is 207 Å². The van der Waals surface area contributed by atoms with Gasteiger partial charge in [0.25, 0.3) is 0 Å². The SMILES string of the molecule is CCCCCCCCCCCCCCCCCCCCC(=O)OC[C@H](CO)OC(=O)CCCCCCCCC(C)CC. The molecule has 0 aliphatic carbocycles. The number of carbonyl (C=O) groups excluding carboxylic acids is 2. The molecule has 1 N–H and O–H groups in total. The maximum absolute atomic E-state index is 12.1. The maximum Gasteiger partial charge on any atom is 0.306 e. The van der Waals surface area contributed by atoms with E-state index in [0.29, 0.717) is 12.8 Å². The van der Waals surface area contributed by atoms with Gasteiger partial charge in [0.2, 0.25) is 0 Å². The predicted octanol–water partition coefficient (Wildman–Crippen LogP) is 11.0. The lowest BCUT2D eigenvalue weighted by molar-refractivity contribution is -0.161. The molecule has 250 valence electrons. The summed E-state index contributed by atoms with van der Waals surface area (Å²) in [5, 5.41) is 9.51. The van der Waals surface area contributed by atoms with E-state index in [1.807, 2.05) is 0 Å². The third kappa shape index (κ3) is 30.4. The van der Waals surface area contributed by atoms with Crippen LogP contribution < -0.4 is 0 Å². The maximum atomic E-state index is 12.1. The summed E-state index contributed by atoms with van der Waals surface area (Å²) in [4.78, 5) is 24.1. The molecule has 42 heavy (non-hydrogen) atoms. The van der Waals surface area contributed by atoms with Crippen LogP contribution >= 0.6 is 0 Å². The summed E-state index contributed by atoms with van der Waals surface area (Å²) in [5.41, 5.74) is 0. The van der Waals surface area contributed by atoms with Crippen molar-refractivity contribution in [2.24, 2.45) is 5.92 Å². The number of esters is 2. The molecule has 1 unspecified atom stereocenters. The Bertz CT molecular complexity index is 579. The summed E-state index contributed by atoms with van der Waals surface area (Å²) in [6.45, 7) is 6.46. The number of carbonyl (C=O) groups is 2. The van der Waals surface area contributed by atoms with Gasteiger partial charge in [-0.25, -0.2) is 0 Å². The Morgan fingerprint density at radius 1 is 0.548 bits per heavy atom. The van der Waals surface area contributed by atoms with Crippen molar-refractivity contribution >= 4 is 11.9 Å². The highest BCUT2D eigenvalue weighted by molar-refractivity contribution is 5.70. The van der Waals surface area contributed by atoms with Gasteiger partial charge in [0.05, 0.1) is 6.61 Å². The summed E-state index contributed by atoms with van der Waals surface area (Å²) >= 11 is 0. The van der Waals surface area contributed by atoms with Crippen LogP contribution in [-0.2, 0) is 19.1 Å². The number of hydrogen-bond donors (Lipinski definition) is 1. The van der Waals surface area contributed by atoms with Gasteiger partial charge in [0.1, 0.15) is 6.61 Å². The molecule has 0 fully saturated rings. The molecule has 2 atom stereocenters. The van der Waals surface area contributed by atoms with Crippen molar-refractivity contribution in [2.75, 3.05) is 13.2 Å². The first-order valence-corrected chi connectivity index (χ1v) is 18.5. The lowest BCUT2D eigenvalue weighted by Crippen LogP contribution is -2.28. The first kappa shape index (κ1) is 40.9. The van der Waals surface area contributed by atoms with Crippen molar-refractivity contribution in [3.8, 4) is 0 Å². The van der Waals surface area contributed by atoms with Gasteiger partial charge in [-0.2, -0.15) is 0 Å². The van der Waals surface area contributed by atoms with Gasteiger partial charge in [0.15, 0.2) is 6.10 Å². The van der Waals surface area contributed by atoms with Crippen LogP contribution in [0.5, 0.6) is 0 Å². The zero-order valence-corrected chi connectivity index (χ0v) is 28.4. The monoisotopic (exact) mass is 597 g/mol. The fourth-order valence-electron chi connectivity index (χ4n) is 5.47.